The summed E-state index contributed by atoms with van der Waals surface area (Å²) >= 11 is 0. The van der Waals surface area contributed by atoms with E-state index in [4.69, 9.17) is 10.5 Å². The minimum Gasteiger partial charge on any atom is -0.493 e. The standard InChI is InChI=1S/C23H33NO/c1-2-3-4-8-17-22(24)21-16-9-10-18-23(21)25-19-12-11-15-20-13-6-5-7-14-20/h5-7,9-10,13-14,16,18,22H,2-4,8,11-12,15,17,19,24H2,1H3. The maximum atomic E-state index is 6.40. The predicted molar refractivity (Wildman–Crippen MR) is 107 cm³/mol. The molecule has 0 heterocycles. The van der Waals surface area contributed by atoms with Gasteiger partial charge in [0.25, 0.3) is 0 Å². The van der Waals surface area contributed by atoms with Gasteiger partial charge in [0.1, 0.15) is 5.75 Å². The normalized spacial score (nSPS) is 12.1. The summed E-state index contributed by atoms with van der Waals surface area (Å²) in [7, 11) is 0. The summed E-state index contributed by atoms with van der Waals surface area (Å²) in [5, 5.41) is 0. The van der Waals surface area contributed by atoms with E-state index in [-0.39, 0.29) is 6.04 Å². The lowest BCUT2D eigenvalue weighted by Crippen LogP contribution is -2.12. The summed E-state index contributed by atoms with van der Waals surface area (Å²) in [6.07, 6.45) is 9.39. The highest BCUT2D eigenvalue weighted by molar-refractivity contribution is 5.35. The number of nitrogens with two attached hydrogens (primary N) is 1. The largest absolute Gasteiger partial charge is 0.493 e. The quantitative estimate of drug-likeness (QED) is 0.477. The van der Waals surface area contributed by atoms with Crippen LogP contribution in [0.25, 0.3) is 0 Å². The molecule has 0 saturated carbocycles. The fraction of sp³-hybridized carbons (Fsp3) is 0.478. The Balaban J connectivity index is 1.74. The topological polar surface area (TPSA) is 35.2 Å². The maximum Gasteiger partial charge on any atom is 0.124 e. The molecule has 2 rings (SSSR count). The van der Waals surface area contributed by atoms with Crippen LogP contribution in [0.3, 0.4) is 0 Å². The zero-order valence-electron chi connectivity index (χ0n) is 15.6. The van der Waals surface area contributed by atoms with Gasteiger partial charge in [-0.05, 0) is 37.3 Å². The van der Waals surface area contributed by atoms with Gasteiger partial charge in [0.15, 0.2) is 0 Å². The number of hydrogen-bond acceptors (Lipinski definition) is 2. The van der Waals surface area contributed by atoms with Gasteiger partial charge < -0.3 is 10.5 Å². The molecular formula is C23H33NO. The first-order chi connectivity index (χ1) is 12.3. The lowest BCUT2D eigenvalue weighted by Gasteiger charge is -2.17. The summed E-state index contributed by atoms with van der Waals surface area (Å²) in [4.78, 5) is 0. The first kappa shape index (κ1) is 19.5. The van der Waals surface area contributed by atoms with Crippen molar-refractivity contribution in [2.24, 2.45) is 5.73 Å². The van der Waals surface area contributed by atoms with Crippen LogP contribution >= 0.6 is 0 Å². The van der Waals surface area contributed by atoms with Crippen LogP contribution in [0, 0.1) is 0 Å². The van der Waals surface area contributed by atoms with Crippen LogP contribution in [0.2, 0.25) is 0 Å². The zero-order chi connectivity index (χ0) is 17.7. The molecule has 2 heteroatoms. The van der Waals surface area contributed by atoms with E-state index < -0.39 is 0 Å². The van der Waals surface area contributed by atoms with Gasteiger partial charge in [0.2, 0.25) is 0 Å². The summed E-state index contributed by atoms with van der Waals surface area (Å²) in [6, 6.07) is 19.0. The van der Waals surface area contributed by atoms with Crippen LogP contribution in [0.1, 0.15) is 69.0 Å². The van der Waals surface area contributed by atoms with E-state index >= 15 is 0 Å². The van der Waals surface area contributed by atoms with Crippen LogP contribution in [0.4, 0.5) is 0 Å². The van der Waals surface area contributed by atoms with Crippen molar-refractivity contribution in [2.75, 3.05) is 6.61 Å². The smallest absolute Gasteiger partial charge is 0.124 e. The third-order valence-corrected chi connectivity index (χ3v) is 4.65. The van der Waals surface area contributed by atoms with Gasteiger partial charge in [-0.3, -0.25) is 0 Å². The summed E-state index contributed by atoms with van der Waals surface area (Å²) in [5.41, 5.74) is 8.96. The second-order valence-electron chi connectivity index (χ2n) is 6.78. The van der Waals surface area contributed by atoms with Gasteiger partial charge in [0, 0.05) is 11.6 Å². The van der Waals surface area contributed by atoms with E-state index in [2.05, 4.69) is 55.5 Å². The number of rotatable bonds is 12. The number of unbranched alkanes of at least 4 members (excludes halogenated alkanes) is 4. The first-order valence-corrected chi connectivity index (χ1v) is 9.82. The highest BCUT2D eigenvalue weighted by Gasteiger charge is 2.11. The SMILES string of the molecule is CCCCCCC(N)c1ccccc1OCCCCc1ccccc1. The van der Waals surface area contributed by atoms with Crippen molar-refractivity contribution in [1.82, 2.24) is 0 Å². The number of para-hydroxylation sites is 1. The molecule has 0 bridgehead atoms. The van der Waals surface area contributed by atoms with Gasteiger partial charge in [0.05, 0.1) is 6.61 Å². The van der Waals surface area contributed by atoms with E-state index in [0.29, 0.717) is 0 Å². The summed E-state index contributed by atoms with van der Waals surface area (Å²) in [6.45, 7) is 2.99. The molecule has 0 spiro atoms. The fourth-order valence-corrected chi connectivity index (χ4v) is 3.12. The molecule has 2 nitrogen and oxygen atoms in total. The lowest BCUT2D eigenvalue weighted by atomic mass is 10.00. The molecule has 2 aromatic carbocycles. The van der Waals surface area contributed by atoms with Crippen molar-refractivity contribution in [3.05, 3.63) is 65.7 Å². The van der Waals surface area contributed by atoms with Crippen LogP contribution in [-0.4, -0.2) is 6.61 Å². The van der Waals surface area contributed by atoms with Gasteiger partial charge in [-0.15, -0.1) is 0 Å². The molecule has 0 saturated heterocycles. The second kappa shape index (κ2) is 11.7. The Bertz CT molecular complexity index is 582. The van der Waals surface area contributed by atoms with Gasteiger partial charge in [-0.2, -0.15) is 0 Å². The van der Waals surface area contributed by atoms with Crippen molar-refractivity contribution in [1.29, 1.82) is 0 Å². The Hall–Kier alpha value is -1.80. The molecule has 1 unspecified atom stereocenters. The van der Waals surface area contributed by atoms with Gasteiger partial charge in [-0.1, -0.05) is 81.1 Å². The maximum absolute atomic E-state index is 6.40. The van der Waals surface area contributed by atoms with Crippen molar-refractivity contribution in [3.63, 3.8) is 0 Å². The average molecular weight is 340 g/mol. The molecular weight excluding hydrogens is 306 g/mol. The third-order valence-electron chi connectivity index (χ3n) is 4.65. The van der Waals surface area contributed by atoms with Gasteiger partial charge in [-0.25, -0.2) is 0 Å². The Kier molecular flexibility index (Phi) is 9.14. The minimum atomic E-state index is 0.0809. The number of aryl methyl sites for hydroxylation is 1. The molecule has 0 amide bonds. The molecule has 0 fully saturated rings. The molecule has 25 heavy (non-hydrogen) atoms. The molecule has 0 aliphatic heterocycles. The highest BCUT2D eigenvalue weighted by atomic mass is 16.5. The summed E-state index contributed by atoms with van der Waals surface area (Å²) < 4.78 is 6.04. The van der Waals surface area contributed by atoms with E-state index in [1.807, 2.05) is 6.07 Å². The van der Waals surface area contributed by atoms with Crippen molar-refractivity contribution in [3.8, 4) is 5.75 Å². The Morgan fingerprint density at radius 2 is 1.60 bits per heavy atom. The number of ether oxygens (including phenoxy) is 1. The van der Waals surface area contributed by atoms with Gasteiger partial charge >= 0.3 is 0 Å². The van der Waals surface area contributed by atoms with Crippen LogP contribution in [0.5, 0.6) is 5.75 Å². The number of hydrogen-bond donors (Lipinski definition) is 1. The van der Waals surface area contributed by atoms with Crippen LogP contribution < -0.4 is 10.5 Å². The van der Waals surface area contributed by atoms with Crippen molar-refractivity contribution >= 4 is 0 Å². The molecule has 1 atom stereocenters. The summed E-state index contributed by atoms with van der Waals surface area (Å²) in [5.74, 6) is 0.963. The fourth-order valence-electron chi connectivity index (χ4n) is 3.12. The van der Waals surface area contributed by atoms with Crippen LogP contribution in [-0.2, 0) is 6.42 Å². The molecule has 2 aromatic rings. The zero-order valence-corrected chi connectivity index (χ0v) is 15.6. The predicted octanol–water partition coefficient (Wildman–Crippen LogP) is 6.06. The average Bonchev–Trinajstić information content (AvgIpc) is 2.66. The van der Waals surface area contributed by atoms with Crippen molar-refractivity contribution < 1.29 is 4.74 Å². The van der Waals surface area contributed by atoms with E-state index in [9.17, 15) is 0 Å². The van der Waals surface area contributed by atoms with E-state index in [1.165, 1.54) is 31.2 Å². The molecule has 2 N–H and O–H groups in total. The minimum absolute atomic E-state index is 0.0809. The first-order valence-electron chi connectivity index (χ1n) is 9.82. The second-order valence-corrected chi connectivity index (χ2v) is 6.78. The molecule has 136 valence electrons. The number of benzene rings is 2. The van der Waals surface area contributed by atoms with Crippen molar-refractivity contribution in [2.45, 2.75) is 64.3 Å². The third kappa shape index (κ3) is 7.31. The highest BCUT2D eigenvalue weighted by Crippen LogP contribution is 2.27. The molecule has 0 aromatic heterocycles. The Morgan fingerprint density at radius 3 is 2.40 bits per heavy atom. The van der Waals surface area contributed by atoms with E-state index in [1.54, 1.807) is 0 Å². The monoisotopic (exact) mass is 339 g/mol. The van der Waals surface area contributed by atoms with Crippen LogP contribution in [0.15, 0.2) is 54.6 Å². The Morgan fingerprint density at radius 1 is 0.840 bits per heavy atom. The molecule has 0 radical (unpaired) electrons. The lowest BCUT2D eigenvalue weighted by molar-refractivity contribution is 0.301. The van der Waals surface area contributed by atoms with E-state index in [0.717, 1.165) is 43.6 Å². The molecule has 0 aliphatic carbocycles. The molecule has 0 aliphatic rings. The Labute approximate surface area is 153 Å².